The number of hydrogen-bond acceptors (Lipinski definition) is 5. The van der Waals surface area contributed by atoms with Crippen molar-refractivity contribution in [3.8, 4) is 0 Å². The monoisotopic (exact) mass is 401 g/mol. The second-order valence-corrected chi connectivity index (χ2v) is 7.92. The normalized spacial score (nSPS) is 19.9. The van der Waals surface area contributed by atoms with E-state index in [0.717, 1.165) is 29.6 Å². The van der Waals surface area contributed by atoms with Crippen molar-refractivity contribution in [2.24, 2.45) is 0 Å². The molecular weight excluding hydrogens is 378 g/mol. The van der Waals surface area contributed by atoms with Crippen molar-refractivity contribution in [1.29, 1.82) is 0 Å². The van der Waals surface area contributed by atoms with Crippen LogP contribution < -0.4 is 0 Å². The van der Waals surface area contributed by atoms with Gasteiger partial charge in [0, 0.05) is 56.7 Å². The fraction of sp³-hybridized carbons (Fsp3) is 0.304. The minimum absolute atomic E-state index is 0.0193. The standard InChI is InChI=1S/C23H23N5O2/c29-22-16-27(14-18-3-1-7-24-12-18)23(30)21-15-26(9-10-28(21)22)13-17-5-6-20-19(11-17)4-2-8-25-20/h1-8,11-12,21H,9-10,13-16H2. The number of carbonyl (C=O) groups excluding carboxylic acids is 2. The minimum Gasteiger partial charge on any atom is -0.327 e. The number of aromatic nitrogens is 2. The number of pyridine rings is 2. The van der Waals surface area contributed by atoms with Crippen LogP contribution >= 0.6 is 0 Å². The number of piperazine rings is 2. The largest absolute Gasteiger partial charge is 0.327 e. The van der Waals surface area contributed by atoms with Gasteiger partial charge in [0.1, 0.15) is 12.6 Å². The van der Waals surface area contributed by atoms with E-state index in [0.29, 0.717) is 19.6 Å². The Hall–Kier alpha value is -3.32. The number of hydrogen-bond donors (Lipinski definition) is 0. The SMILES string of the molecule is O=C1C2CN(Cc3ccc4ncccc4c3)CCN2C(=O)CN1Cc1cccnc1. The predicted molar refractivity (Wildman–Crippen MR) is 112 cm³/mol. The molecule has 4 heterocycles. The van der Waals surface area contributed by atoms with Gasteiger partial charge in [0.15, 0.2) is 0 Å². The average Bonchev–Trinajstić information content (AvgIpc) is 2.78. The molecule has 0 spiro atoms. The van der Waals surface area contributed by atoms with Crippen LogP contribution in [0.4, 0.5) is 0 Å². The molecule has 5 rings (SSSR count). The first-order chi connectivity index (χ1) is 14.7. The van der Waals surface area contributed by atoms with Crippen molar-refractivity contribution in [2.75, 3.05) is 26.2 Å². The predicted octanol–water partition coefficient (Wildman–Crippen LogP) is 1.69. The molecule has 0 N–H and O–H groups in total. The van der Waals surface area contributed by atoms with Crippen LogP contribution in [0.5, 0.6) is 0 Å². The molecule has 30 heavy (non-hydrogen) atoms. The van der Waals surface area contributed by atoms with Gasteiger partial charge in [0.25, 0.3) is 0 Å². The summed E-state index contributed by atoms with van der Waals surface area (Å²) in [5.41, 5.74) is 3.10. The molecule has 0 radical (unpaired) electrons. The second-order valence-electron chi connectivity index (χ2n) is 7.92. The van der Waals surface area contributed by atoms with Crippen molar-refractivity contribution in [3.63, 3.8) is 0 Å². The molecule has 3 aromatic rings. The molecule has 0 saturated carbocycles. The Kier molecular flexibility index (Phi) is 4.88. The van der Waals surface area contributed by atoms with E-state index in [9.17, 15) is 9.59 Å². The Morgan fingerprint density at radius 3 is 2.73 bits per heavy atom. The quantitative estimate of drug-likeness (QED) is 0.665. The van der Waals surface area contributed by atoms with Crippen LogP contribution in [-0.2, 0) is 22.7 Å². The van der Waals surface area contributed by atoms with Gasteiger partial charge in [-0.25, -0.2) is 0 Å². The summed E-state index contributed by atoms with van der Waals surface area (Å²) < 4.78 is 0. The fourth-order valence-electron chi connectivity index (χ4n) is 4.36. The van der Waals surface area contributed by atoms with Gasteiger partial charge in [-0.1, -0.05) is 18.2 Å². The van der Waals surface area contributed by atoms with Gasteiger partial charge >= 0.3 is 0 Å². The molecule has 7 heteroatoms. The molecule has 2 aliphatic rings. The maximum Gasteiger partial charge on any atom is 0.247 e. The van der Waals surface area contributed by atoms with Gasteiger partial charge < -0.3 is 9.80 Å². The molecule has 2 saturated heterocycles. The molecule has 1 unspecified atom stereocenters. The summed E-state index contributed by atoms with van der Waals surface area (Å²) in [4.78, 5) is 40.0. The number of rotatable bonds is 4. The lowest BCUT2D eigenvalue weighted by atomic mass is 10.0. The van der Waals surface area contributed by atoms with Crippen molar-refractivity contribution in [1.82, 2.24) is 24.7 Å². The fourth-order valence-corrected chi connectivity index (χ4v) is 4.36. The molecule has 0 bridgehead atoms. The highest BCUT2D eigenvalue weighted by Gasteiger charge is 2.42. The van der Waals surface area contributed by atoms with Crippen LogP contribution in [0.15, 0.2) is 61.1 Å². The molecule has 2 aromatic heterocycles. The zero-order valence-corrected chi connectivity index (χ0v) is 16.6. The van der Waals surface area contributed by atoms with E-state index in [2.05, 4.69) is 33.1 Å². The average molecular weight is 401 g/mol. The first kappa shape index (κ1) is 18.7. The van der Waals surface area contributed by atoms with Crippen LogP contribution in [-0.4, -0.2) is 68.7 Å². The molecule has 2 aliphatic heterocycles. The lowest BCUT2D eigenvalue weighted by Gasteiger charge is -2.46. The summed E-state index contributed by atoms with van der Waals surface area (Å²) in [6, 6.07) is 13.6. The van der Waals surface area contributed by atoms with Crippen LogP contribution in [0.1, 0.15) is 11.1 Å². The highest BCUT2D eigenvalue weighted by molar-refractivity contribution is 5.95. The Bertz CT molecular complexity index is 1090. The lowest BCUT2D eigenvalue weighted by molar-refractivity contribution is -0.160. The second kappa shape index (κ2) is 7.84. The van der Waals surface area contributed by atoms with E-state index in [1.807, 2.05) is 24.3 Å². The maximum absolute atomic E-state index is 13.2. The van der Waals surface area contributed by atoms with Gasteiger partial charge in [-0.2, -0.15) is 0 Å². The molecule has 1 atom stereocenters. The molecule has 0 aliphatic carbocycles. The third kappa shape index (κ3) is 3.64. The zero-order valence-electron chi connectivity index (χ0n) is 16.6. The summed E-state index contributed by atoms with van der Waals surface area (Å²) in [7, 11) is 0. The lowest BCUT2D eigenvalue weighted by Crippen LogP contribution is -2.66. The summed E-state index contributed by atoms with van der Waals surface area (Å²) in [6.45, 7) is 3.22. The van der Waals surface area contributed by atoms with Gasteiger partial charge in [-0.05, 0) is 35.4 Å². The van der Waals surface area contributed by atoms with Crippen LogP contribution in [0.3, 0.4) is 0 Å². The van der Waals surface area contributed by atoms with Gasteiger partial charge in [0.05, 0.1) is 5.52 Å². The van der Waals surface area contributed by atoms with Crippen molar-refractivity contribution >= 4 is 22.7 Å². The van der Waals surface area contributed by atoms with E-state index in [-0.39, 0.29) is 18.4 Å². The number of nitrogens with zero attached hydrogens (tertiary/aromatic N) is 5. The van der Waals surface area contributed by atoms with Crippen LogP contribution in [0, 0.1) is 0 Å². The molecule has 1 aromatic carbocycles. The van der Waals surface area contributed by atoms with Gasteiger partial charge in [-0.3, -0.25) is 24.5 Å². The van der Waals surface area contributed by atoms with E-state index >= 15 is 0 Å². The number of fused-ring (bicyclic) bond motifs is 2. The van der Waals surface area contributed by atoms with Crippen LogP contribution in [0.2, 0.25) is 0 Å². The van der Waals surface area contributed by atoms with E-state index in [1.54, 1.807) is 28.4 Å². The zero-order chi connectivity index (χ0) is 20.5. The first-order valence-corrected chi connectivity index (χ1v) is 10.2. The van der Waals surface area contributed by atoms with Crippen LogP contribution in [0.25, 0.3) is 10.9 Å². The highest BCUT2D eigenvalue weighted by atomic mass is 16.2. The Balaban J connectivity index is 1.30. The van der Waals surface area contributed by atoms with E-state index in [1.165, 1.54) is 5.56 Å². The molecule has 2 amide bonds. The Morgan fingerprint density at radius 2 is 1.87 bits per heavy atom. The molecule has 152 valence electrons. The highest BCUT2D eigenvalue weighted by Crippen LogP contribution is 2.22. The van der Waals surface area contributed by atoms with E-state index in [4.69, 9.17) is 0 Å². The van der Waals surface area contributed by atoms with Crippen molar-refractivity contribution in [3.05, 3.63) is 72.2 Å². The molecular formula is C23H23N5O2. The minimum atomic E-state index is -0.418. The number of amides is 2. The summed E-state index contributed by atoms with van der Waals surface area (Å²) in [6.07, 6.45) is 5.24. The Morgan fingerprint density at radius 1 is 0.967 bits per heavy atom. The smallest absolute Gasteiger partial charge is 0.247 e. The molecule has 7 nitrogen and oxygen atoms in total. The first-order valence-electron chi connectivity index (χ1n) is 10.2. The summed E-state index contributed by atoms with van der Waals surface area (Å²) >= 11 is 0. The summed E-state index contributed by atoms with van der Waals surface area (Å²) in [5, 5.41) is 1.11. The topological polar surface area (TPSA) is 69.6 Å². The van der Waals surface area contributed by atoms with Gasteiger partial charge in [-0.15, -0.1) is 0 Å². The number of benzene rings is 1. The van der Waals surface area contributed by atoms with Crippen molar-refractivity contribution in [2.45, 2.75) is 19.1 Å². The third-order valence-corrected chi connectivity index (χ3v) is 5.88. The maximum atomic E-state index is 13.2. The summed E-state index contributed by atoms with van der Waals surface area (Å²) in [5.74, 6) is 0.0470. The van der Waals surface area contributed by atoms with Crippen molar-refractivity contribution < 1.29 is 9.59 Å². The number of carbonyl (C=O) groups is 2. The third-order valence-electron chi connectivity index (χ3n) is 5.88. The Labute approximate surface area is 174 Å². The molecule has 2 fully saturated rings. The van der Waals surface area contributed by atoms with Gasteiger partial charge in [0.2, 0.25) is 11.8 Å². The van der Waals surface area contributed by atoms with E-state index < -0.39 is 6.04 Å².